The smallest absolute Gasteiger partial charge is 0.278 e. The van der Waals surface area contributed by atoms with Gasteiger partial charge in [-0.05, 0) is 30.2 Å². The number of halogens is 2. The van der Waals surface area contributed by atoms with E-state index < -0.39 is 5.92 Å². The summed E-state index contributed by atoms with van der Waals surface area (Å²) >= 11 is 0. The van der Waals surface area contributed by atoms with Crippen LogP contribution in [0.3, 0.4) is 0 Å². The van der Waals surface area contributed by atoms with Gasteiger partial charge in [0.15, 0.2) is 11.4 Å². The molecule has 3 aliphatic rings. The Balaban J connectivity index is 1.41. The van der Waals surface area contributed by atoms with E-state index in [2.05, 4.69) is 5.43 Å². The Bertz CT molecular complexity index is 1030. The highest BCUT2D eigenvalue weighted by Crippen LogP contribution is 2.51. The molecule has 1 spiro atoms. The summed E-state index contributed by atoms with van der Waals surface area (Å²) in [5.41, 5.74) is 3.64. The largest absolute Gasteiger partial charge is 0.482 e. The summed E-state index contributed by atoms with van der Waals surface area (Å²) in [7, 11) is 0. The van der Waals surface area contributed by atoms with E-state index in [1.165, 1.54) is 12.3 Å². The second-order valence-electron chi connectivity index (χ2n) is 8.64. The summed E-state index contributed by atoms with van der Waals surface area (Å²) in [6.07, 6.45) is 2.39. The van der Waals surface area contributed by atoms with Crippen molar-refractivity contribution in [3.8, 4) is 5.75 Å². The lowest BCUT2D eigenvalue weighted by molar-refractivity contribution is -0.0644. The van der Waals surface area contributed by atoms with Crippen LogP contribution in [0, 0.1) is 5.41 Å². The van der Waals surface area contributed by atoms with E-state index in [-0.39, 0.29) is 53.8 Å². The van der Waals surface area contributed by atoms with Crippen LogP contribution < -0.4 is 15.6 Å². The van der Waals surface area contributed by atoms with Crippen LogP contribution in [0.5, 0.6) is 5.75 Å². The van der Waals surface area contributed by atoms with E-state index >= 15 is 0 Å². The molecule has 1 amide bonds. The number of hydrogen-bond donors (Lipinski definition) is 1. The zero-order valence-electron chi connectivity index (χ0n) is 16.4. The van der Waals surface area contributed by atoms with Crippen LogP contribution in [0.25, 0.3) is 0 Å². The van der Waals surface area contributed by atoms with Gasteiger partial charge < -0.3 is 15.1 Å². The zero-order valence-corrected chi connectivity index (χ0v) is 16.4. The van der Waals surface area contributed by atoms with Crippen molar-refractivity contribution in [3.63, 3.8) is 0 Å². The van der Waals surface area contributed by atoms with Gasteiger partial charge in [0.2, 0.25) is 11.4 Å². The maximum Gasteiger partial charge on any atom is 0.278 e. The van der Waals surface area contributed by atoms with E-state index in [0.717, 1.165) is 5.56 Å². The number of hydrogen-bond acceptors (Lipinski definition) is 4. The first-order valence-corrected chi connectivity index (χ1v) is 10.2. The number of carbonyl (C=O) groups excluding carboxylic acids is 1. The molecule has 8 heteroatoms. The van der Waals surface area contributed by atoms with E-state index in [1.54, 1.807) is 9.58 Å². The molecule has 1 saturated heterocycles. The van der Waals surface area contributed by atoms with Gasteiger partial charge in [0, 0.05) is 31.6 Å². The fourth-order valence-electron chi connectivity index (χ4n) is 4.89. The fourth-order valence-corrected chi connectivity index (χ4v) is 4.89. The van der Waals surface area contributed by atoms with E-state index in [9.17, 15) is 18.4 Å². The highest BCUT2D eigenvalue weighted by molar-refractivity contribution is 5.96. The van der Waals surface area contributed by atoms with Crippen LogP contribution >= 0.6 is 0 Å². The molecule has 1 aliphatic carbocycles. The minimum Gasteiger partial charge on any atom is -0.482 e. The van der Waals surface area contributed by atoms with Crippen molar-refractivity contribution in [2.45, 2.75) is 50.8 Å². The number of nitrogens with zero attached hydrogens (tertiary/aromatic N) is 2. The summed E-state index contributed by atoms with van der Waals surface area (Å²) in [4.78, 5) is 27.5. The number of ether oxygens (including phenoxy) is 1. The van der Waals surface area contributed by atoms with Gasteiger partial charge >= 0.3 is 0 Å². The predicted octanol–water partition coefficient (Wildman–Crippen LogP) is 3.35. The Morgan fingerprint density at radius 1 is 1.07 bits per heavy atom. The molecule has 1 atom stereocenters. The maximum atomic E-state index is 13.7. The summed E-state index contributed by atoms with van der Waals surface area (Å²) in [5, 5.41) is 0. The lowest BCUT2D eigenvalue weighted by Gasteiger charge is -2.36. The fraction of sp³-hybridized carbons (Fsp3) is 0.455. The molecule has 158 valence electrons. The molecule has 1 unspecified atom stereocenters. The van der Waals surface area contributed by atoms with Crippen LogP contribution in [0.2, 0.25) is 0 Å². The topological polar surface area (TPSA) is 63.6 Å². The molecule has 0 radical (unpaired) electrons. The molecular weight excluding hydrogens is 392 g/mol. The molecule has 1 aromatic heterocycles. The van der Waals surface area contributed by atoms with Crippen LogP contribution in [-0.4, -0.2) is 34.1 Å². The summed E-state index contributed by atoms with van der Waals surface area (Å²) in [5.74, 6) is -2.90. The molecule has 2 aromatic rings. The van der Waals surface area contributed by atoms with Gasteiger partial charge in [-0.3, -0.25) is 14.3 Å². The summed E-state index contributed by atoms with van der Waals surface area (Å²) in [6.45, 7) is 0.587. The predicted molar refractivity (Wildman–Crippen MR) is 106 cm³/mol. The third kappa shape index (κ3) is 3.24. The van der Waals surface area contributed by atoms with Crippen LogP contribution in [0.1, 0.15) is 48.2 Å². The second kappa shape index (κ2) is 6.82. The lowest BCUT2D eigenvalue weighted by atomic mass is 9.72. The molecule has 6 nitrogen and oxygen atoms in total. The molecule has 30 heavy (non-hydrogen) atoms. The Kier molecular flexibility index (Phi) is 4.34. The van der Waals surface area contributed by atoms with Crippen molar-refractivity contribution in [1.29, 1.82) is 0 Å². The SMILES string of the molecule is O=C1c2c(OCc3ccccc3)c(=O)ccn2NC2CC3(CCC(F)(F)CC3)CN12. The van der Waals surface area contributed by atoms with Crippen LogP contribution in [-0.2, 0) is 6.61 Å². The highest BCUT2D eigenvalue weighted by atomic mass is 19.3. The standard InChI is InChI=1S/C22H23F2N3O3/c23-22(24)9-7-21(8-10-22)12-17-25-27-11-6-16(28)19(18(27)20(29)26(17)14-21)30-13-15-4-2-1-3-5-15/h1-6,11,17,25H,7-10,12-14H2. The Morgan fingerprint density at radius 3 is 2.53 bits per heavy atom. The Labute approximate surface area is 172 Å². The minimum absolute atomic E-state index is 0.00781. The quantitative estimate of drug-likeness (QED) is 0.835. The molecule has 2 aliphatic heterocycles. The lowest BCUT2D eigenvalue weighted by Crippen LogP contribution is -2.50. The van der Waals surface area contributed by atoms with Crippen molar-refractivity contribution in [3.05, 3.63) is 64.1 Å². The van der Waals surface area contributed by atoms with Crippen molar-refractivity contribution in [2.75, 3.05) is 12.0 Å². The number of benzene rings is 1. The minimum atomic E-state index is -2.61. The number of pyridine rings is 1. The van der Waals surface area contributed by atoms with Gasteiger partial charge in [0.05, 0.1) is 0 Å². The van der Waals surface area contributed by atoms with Crippen LogP contribution in [0.15, 0.2) is 47.4 Å². The van der Waals surface area contributed by atoms with Crippen molar-refractivity contribution in [1.82, 2.24) is 9.58 Å². The van der Waals surface area contributed by atoms with Gasteiger partial charge in [0.1, 0.15) is 12.8 Å². The normalized spacial score (nSPS) is 23.6. The molecule has 5 rings (SSSR count). The van der Waals surface area contributed by atoms with E-state index in [0.29, 0.717) is 25.8 Å². The molecule has 1 aromatic carbocycles. The number of amides is 1. The van der Waals surface area contributed by atoms with E-state index in [4.69, 9.17) is 4.74 Å². The van der Waals surface area contributed by atoms with Gasteiger partial charge in [-0.25, -0.2) is 8.78 Å². The first-order chi connectivity index (χ1) is 14.4. The monoisotopic (exact) mass is 415 g/mol. The highest BCUT2D eigenvalue weighted by Gasteiger charge is 2.53. The van der Waals surface area contributed by atoms with Gasteiger partial charge in [-0.2, -0.15) is 0 Å². The molecule has 1 N–H and O–H groups in total. The van der Waals surface area contributed by atoms with Crippen LogP contribution in [0.4, 0.5) is 8.78 Å². The number of carbonyl (C=O) groups is 1. The Hall–Kier alpha value is -2.90. The van der Waals surface area contributed by atoms with Crippen molar-refractivity contribution >= 4 is 5.91 Å². The molecule has 0 bridgehead atoms. The average molecular weight is 415 g/mol. The third-order valence-electron chi connectivity index (χ3n) is 6.58. The number of nitrogens with one attached hydrogen (secondary N) is 1. The van der Waals surface area contributed by atoms with Gasteiger partial charge in [-0.15, -0.1) is 0 Å². The second-order valence-corrected chi connectivity index (χ2v) is 8.64. The zero-order chi connectivity index (χ0) is 20.9. The van der Waals surface area contributed by atoms with Gasteiger partial charge in [0.25, 0.3) is 5.91 Å². The number of alkyl halides is 2. The molecular formula is C22H23F2N3O3. The molecule has 2 fully saturated rings. The van der Waals surface area contributed by atoms with Crippen molar-refractivity contribution < 1.29 is 18.3 Å². The summed E-state index contributed by atoms with van der Waals surface area (Å²) in [6, 6.07) is 10.8. The first-order valence-electron chi connectivity index (χ1n) is 10.2. The number of aromatic nitrogens is 1. The molecule has 1 saturated carbocycles. The third-order valence-corrected chi connectivity index (χ3v) is 6.58. The van der Waals surface area contributed by atoms with Gasteiger partial charge in [-0.1, -0.05) is 30.3 Å². The van der Waals surface area contributed by atoms with E-state index in [1.807, 2.05) is 30.3 Å². The number of rotatable bonds is 3. The Morgan fingerprint density at radius 2 is 1.80 bits per heavy atom. The molecule has 3 heterocycles. The maximum absolute atomic E-state index is 13.7. The average Bonchev–Trinajstić information content (AvgIpc) is 3.10. The van der Waals surface area contributed by atoms with Crippen molar-refractivity contribution in [2.24, 2.45) is 5.41 Å². The summed E-state index contributed by atoms with van der Waals surface area (Å²) < 4.78 is 34.7. The first kappa shape index (κ1) is 19.1. The number of fused-ring (bicyclic) bond motifs is 2.